The Hall–Kier alpha value is -3.62. The molecule has 2 N–H and O–H groups in total. The van der Waals surface area contributed by atoms with Gasteiger partial charge in [-0.3, -0.25) is 10.1 Å². The molecule has 3 aliphatic carbocycles. The highest BCUT2D eigenvalue weighted by Crippen LogP contribution is 2.46. The van der Waals surface area contributed by atoms with E-state index < -0.39 is 16.6 Å². The zero-order valence-electron chi connectivity index (χ0n) is 18.5. The van der Waals surface area contributed by atoms with E-state index in [2.05, 4.69) is 22.2 Å². The molecule has 3 aliphatic rings. The van der Waals surface area contributed by atoms with Crippen LogP contribution in [0.1, 0.15) is 32.6 Å². The minimum atomic E-state index is -0.705. The van der Waals surface area contributed by atoms with Gasteiger partial charge in [0, 0.05) is 46.8 Å². The van der Waals surface area contributed by atoms with Crippen LogP contribution >= 0.6 is 0 Å². The normalized spacial score (nSPS) is 24.1. The van der Waals surface area contributed by atoms with Crippen molar-refractivity contribution in [2.45, 2.75) is 38.6 Å². The zero-order chi connectivity index (χ0) is 23.6. The summed E-state index contributed by atoms with van der Waals surface area (Å²) in [5.74, 6) is 1.13. The Bertz CT molecular complexity index is 1440. The molecule has 2 unspecified atom stereocenters. The first kappa shape index (κ1) is 20.9. The molecule has 0 saturated heterocycles. The summed E-state index contributed by atoms with van der Waals surface area (Å²) in [5.41, 5.74) is 0.917. The van der Waals surface area contributed by atoms with Gasteiger partial charge in [-0.25, -0.2) is 18.7 Å². The first-order valence-electron chi connectivity index (χ1n) is 11.6. The van der Waals surface area contributed by atoms with Gasteiger partial charge in [0.05, 0.1) is 16.0 Å². The number of nitrogens with one attached hydrogen (secondary N) is 2. The van der Waals surface area contributed by atoms with Crippen LogP contribution in [0.25, 0.3) is 33.2 Å². The lowest BCUT2D eigenvalue weighted by Gasteiger charge is -2.47. The standard InChI is InChI=1S/C25H23F2N5O2/c1-12-13-2-4-14(5-3-13)22(12)30-24-17-7-6-16(32(33)34)10-21(17)29-25(31-24)19-11-28-23-18(19)8-15(26)9-20(23)27/h6-14,22,28H,2-5H2,1H3,(H,29,30,31). The summed E-state index contributed by atoms with van der Waals surface area (Å²) in [6, 6.07) is 6.83. The molecular weight excluding hydrogens is 440 g/mol. The Balaban J connectivity index is 1.52. The highest BCUT2D eigenvalue weighted by molar-refractivity contribution is 5.97. The predicted octanol–water partition coefficient (Wildman–Crippen LogP) is 6.20. The Kier molecular flexibility index (Phi) is 4.75. The van der Waals surface area contributed by atoms with Crippen molar-refractivity contribution in [1.29, 1.82) is 0 Å². The average molecular weight is 463 g/mol. The van der Waals surface area contributed by atoms with E-state index in [4.69, 9.17) is 4.98 Å². The fourth-order valence-electron chi connectivity index (χ4n) is 5.96. The molecule has 0 radical (unpaired) electrons. The van der Waals surface area contributed by atoms with Crippen LogP contribution in [0.3, 0.4) is 0 Å². The monoisotopic (exact) mass is 463 g/mol. The topological polar surface area (TPSA) is 96.7 Å². The van der Waals surface area contributed by atoms with Crippen molar-refractivity contribution in [2.75, 3.05) is 5.32 Å². The highest BCUT2D eigenvalue weighted by atomic mass is 19.1. The number of H-pyrrole nitrogens is 1. The third kappa shape index (κ3) is 3.29. The Morgan fingerprint density at radius 1 is 1.06 bits per heavy atom. The summed E-state index contributed by atoms with van der Waals surface area (Å²) >= 11 is 0. The van der Waals surface area contributed by atoms with Crippen LogP contribution in [-0.2, 0) is 0 Å². The Labute approximate surface area is 193 Å². The molecule has 174 valence electrons. The summed E-state index contributed by atoms with van der Waals surface area (Å²) in [7, 11) is 0. The van der Waals surface area contributed by atoms with Crippen LogP contribution in [0.4, 0.5) is 20.3 Å². The highest BCUT2D eigenvalue weighted by Gasteiger charge is 2.41. The third-order valence-corrected chi connectivity index (χ3v) is 7.78. The predicted molar refractivity (Wildman–Crippen MR) is 125 cm³/mol. The van der Waals surface area contributed by atoms with Gasteiger partial charge < -0.3 is 10.3 Å². The maximum Gasteiger partial charge on any atom is 0.271 e. The van der Waals surface area contributed by atoms with Gasteiger partial charge in [0.15, 0.2) is 5.82 Å². The van der Waals surface area contributed by atoms with Gasteiger partial charge in [0.2, 0.25) is 0 Å². The summed E-state index contributed by atoms with van der Waals surface area (Å²) in [4.78, 5) is 23.1. The molecule has 4 aromatic rings. The lowest BCUT2D eigenvalue weighted by Crippen LogP contribution is -2.47. The minimum absolute atomic E-state index is 0.0794. The second-order valence-corrected chi connectivity index (χ2v) is 9.57. The van der Waals surface area contributed by atoms with Crippen LogP contribution in [0.5, 0.6) is 0 Å². The van der Waals surface area contributed by atoms with E-state index in [1.54, 1.807) is 12.3 Å². The number of benzene rings is 2. The van der Waals surface area contributed by atoms with Crippen molar-refractivity contribution >= 4 is 33.3 Å². The summed E-state index contributed by atoms with van der Waals surface area (Å²) in [6.07, 6.45) is 6.39. The number of aromatic amines is 1. The van der Waals surface area contributed by atoms with Gasteiger partial charge >= 0.3 is 0 Å². The van der Waals surface area contributed by atoms with Gasteiger partial charge in [-0.05, 0) is 55.6 Å². The van der Waals surface area contributed by atoms with Crippen molar-refractivity contribution < 1.29 is 13.7 Å². The molecule has 9 heteroatoms. The van der Waals surface area contributed by atoms with E-state index >= 15 is 0 Å². The smallest absolute Gasteiger partial charge is 0.271 e. The van der Waals surface area contributed by atoms with Crippen molar-refractivity contribution in [1.82, 2.24) is 15.0 Å². The summed E-state index contributed by atoms with van der Waals surface area (Å²) in [6.45, 7) is 2.27. The zero-order valence-corrected chi connectivity index (χ0v) is 18.5. The molecule has 0 aliphatic heterocycles. The van der Waals surface area contributed by atoms with E-state index in [0.717, 1.165) is 6.07 Å². The molecule has 3 saturated carbocycles. The third-order valence-electron chi connectivity index (χ3n) is 7.78. The van der Waals surface area contributed by atoms with Gasteiger partial charge in [0.1, 0.15) is 17.5 Å². The van der Waals surface area contributed by atoms with Crippen LogP contribution in [-0.4, -0.2) is 25.9 Å². The average Bonchev–Trinajstić information content (AvgIpc) is 3.25. The number of nitro benzene ring substituents is 1. The SMILES string of the molecule is CC1C2CCC(CC2)C1Nc1nc(-c2c[nH]c3c(F)cc(F)cc23)nc2cc([N+](=O)[O-])ccc12. The largest absolute Gasteiger partial charge is 0.366 e. The number of hydrogen-bond donors (Lipinski definition) is 2. The van der Waals surface area contributed by atoms with Crippen molar-refractivity contribution in [3.63, 3.8) is 0 Å². The number of fused-ring (bicyclic) bond motifs is 5. The number of rotatable bonds is 4. The van der Waals surface area contributed by atoms with E-state index in [9.17, 15) is 18.9 Å². The number of nitro groups is 1. The maximum atomic E-state index is 14.3. The molecule has 3 fully saturated rings. The Morgan fingerprint density at radius 3 is 2.56 bits per heavy atom. The molecule has 34 heavy (non-hydrogen) atoms. The van der Waals surface area contributed by atoms with Crippen molar-refractivity contribution in [3.05, 3.63) is 58.3 Å². The lowest BCUT2D eigenvalue weighted by atomic mass is 9.62. The lowest BCUT2D eigenvalue weighted by molar-refractivity contribution is -0.384. The van der Waals surface area contributed by atoms with Gasteiger partial charge in [-0.1, -0.05) is 6.92 Å². The number of anilines is 1. The maximum absolute atomic E-state index is 14.3. The summed E-state index contributed by atoms with van der Waals surface area (Å²) in [5, 5.41) is 16.0. The number of aromatic nitrogens is 3. The van der Waals surface area contributed by atoms with Crippen LogP contribution in [0, 0.1) is 39.5 Å². The number of halogens is 2. The van der Waals surface area contributed by atoms with Gasteiger partial charge in [-0.15, -0.1) is 0 Å². The molecule has 2 atom stereocenters. The van der Waals surface area contributed by atoms with E-state index in [1.165, 1.54) is 43.9 Å². The Morgan fingerprint density at radius 2 is 1.82 bits per heavy atom. The van der Waals surface area contributed by atoms with E-state index in [-0.39, 0.29) is 23.1 Å². The minimum Gasteiger partial charge on any atom is -0.366 e. The van der Waals surface area contributed by atoms with Crippen LogP contribution < -0.4 is 5.32 Å². The number of hydrogen-bond acceptors (Lipinski definition) is 5. The van der Waals surface area contributed by atoms with Crippen molar-refractivity contribution in [2.24, 2.45) is 17.8 Å². The van der Waals surface area contributed by atoms with E-state index in [0.29, 0.717) is 45.4 Å². The number of non-ortho nitro benzene ring substituents is 1. The van der Waals surface area contributed by atoms with Crippen LogP contribution in [0.2, 0.25) is 0 Å². The second-order valence-electron chi connectivity index (χ2n) is 9.57. The van der Waals surface area contributed by atoms with E-state index in [1.807, 2.05) is 0 Å². The first-order chi connectivity index (χ1) is 16.4. The molecular formula is C25H23F2N5O2. The molecule has 0 amide bonds. The molecule has 2 aromatic carbocycles. The quantitative estimate of drug-likeness (QED) is 0.277. The molecule has 2 heterocycles. The van der Waals surface area contributed by atoms with Gasteiger partial charge in [-0.2, -0.15) is 0 Å². The fourth-order valence-corrected chi connectivity index (χ4v) is 5.96. The fraction of sp³-hybridized carbons (Fsp3) is 0.360. The second kappa shape index (κ2) is 7.72. The molecule has 7 rings (SSSR count). The molecule has 2 bridgehead atoms. The first-order valence-corrected chi connectivity index (χ1v) is 11.6. The molecule has 2 aromatic heterocycles. The van der Waals surface area contributed by atoms with Crippen molar-refractivity contribution in [3.8, 4) is 11.4 Å². The number of nitrogens with zero attached hydrogens (tertiary/aromatic N) is 3. The van der Waals surface area contributed by atoms with Gasteiger partial charge in [0.25, 0.3) is 5.69 Å². The summed E-state index contributed by atoms with van der Waals surface area (Å²) < 4.78 is 28.3. The molecule has 7 nitrogen and oxygen atoms in total. The molecule has 0 spiro atoms. The van der Waals surface area contributed by atoms with Crippen LogP contribution in [0.15, 0.2) is 36.5 Å².